The molecule has 1 saturated heterocycles. The first-order chi connectivity index (χ1) is 12.6. The first-order valence-corrected chi connectivity index (χ1v) is 9.68. The Morgan fingerprint density at radius 3 is 2.62 bits per heavy atom. The lowest BCUT2D eigenvalue weighted by molar-refractivity contribution is -0.130. The van der Waals surface area contributed by atoms with Crippen molar-refractivity contribution in [3.8, 4) is 0 Å². The number of amides is 1. The van der Waals surface area contributed by atoms with Crippen LogP contribution in [0.1, 0.15) is 36.3 Å². The predicted octanol–water partition coefficient (Wildman–Crippen LogP) is 5.62. The van der Waals surface area contributed by atoms with Crippen molar-refractivity contribution < 1.29 is 4.79 Å². The van der Waals surface area contributed by atoms with Gasteiger partial charge in [0.1, 0.15) is 0 Å². The van der Waals surface area contributed by atoms with Gasteiger partial charge in [-0.1, -0.05) is 47.5 Å². The Bertz CT molecular complexity index is 944. The molecular weight excluding hydrogens is 367 g/mol. The number of rotatable bonds is 4. The number of nitrogens with zero attached hydrogens (tertiary/aromatic N) is 1. The minimum atomic E-state index is -0.0611. The normalized spacial score (nSPS) is 15.5. The third-order valence-corrected chi connectivity index (χ3v) is 5.92. The lowest BCUT2D eigenvalue weighted by Gasteiger charge is -2.22. The number of fused-ring (bicyclic) bond motifs is 1. The fourth-order valence-electron chi connectivity index (χ4n) is 3.79. The molecule has 1 aliphatic heterocycles. The zero-order valence-corrected chi connectivity index (χ0v) is 15.9. The van der Waals surface area contributed by atoms with Gasteiger partial charge in [-0.05, 0) is 42.2 Å². The van der Waals surface area contributed by atoms with Gasteiger partial charge >= 0.3 is 0 Å². The fraction of sp³-hybridized carbons (Fsp3) is 0.286. The average Bonchev–Trinajstić information content (AvgIpc) is 3.32. The number of benzene rings is 2. The summed E-state index contributed by atoms with van der Waals surface area (Å²) in [5.74, 6) is 0.137. The molecule has 3 nitrogen and oxygen atoms in total. The molecule has 0 saturated carbocycles. The molecule has 1 amide bonds. The van der Waals surface area contributed by atoms with Crippen LogP contribution in [0, 0.1) is 0 Å². The molecule has 4 rings (SSSR count). The number of nitrogens with one attached hydrogen (secondary N) is 1. The van der Waals surface area contributed by atoms with Crippen molar-refractivity contribution in [1.29, 1.82) is 0 Å². The summed E-state index contributed by atoms with van der Waals surface area (Å²) in [7, 11) is 0. The number of hydrogen-bond donors (Lipinski definition) is 1. The number of likely N-dealkylation sites (tertiary alicyclic amines) is 1. The largest absolute Gasteiger partial charge is 0.361 e. The Kier molecular flexibility index (Phi) is 4.92. The van der Waals surface area contributed by atoms with Gasteiger partial charge in [0.2, 0.25) is 5.91 Å². The molecule has 0 spiro atoms. The third kappa shape index (κ3) is 3.34. The fourth-order valence-corrected chi connectivity index (χ4v) is 4.10. The summed E-state index contributed by atoms with van der Waals surface area (Å²) in [6.45, 7) is 1.72. The summed E-state index contributed by atoms with van der Waals surface area (Å²) >= 11 is 12.4. The van der Waals surface area contributed by atoms with Crippen molar-refractivity contribution in [2.45, 2.75) is 25.2 Å². The van der Waals surface area contributed by atoms with E-state index in [-0.39, 0.29) is 11.8 Å². The molecule has 2 heterocycles. The van der Waals surface area contributed by atoms with Crippen LogP contribution in [0.2, 0.25) is 10.0 Å². The molecule has 1 aromatic heterocycles. The average molecular weight is 387 g/mol. The van der Waals surface area contributed by atoms with E-state index >= 15 is 0 Å². The van der Waals surface area contributed by atoms with Gasteiger partial charge in [0.05, 0.1) is 10.0 Å². The van der Waals surface area contributed by atoms with E-state index in [0.29, 0.717) is 16.5 Å². The van der Waals surface area contributed by atoms with Crippen molar-refractivity contribution in [1.82, 2.24) is 9.88 Å². The lowest BCUT2D eigenvalue weighted by atomic mass is 9.88. The Morgan fingerprint density at radius 2 is 1.85 bits per heavy atom. The third-order valence-electron chi connectivity index (χ3n) is 5.18. The number of H-pyrrole nitrogens is 1. The molecule has 2 aromatic carbocycles. The molecular formula is C21H20Cl2N2O. The Labute approximate surface area is 162 Å². The van der Waals surface area contributed by atoms with Gasteiger partial charge < -0.3 is 9.88 Å². The van der Waals surface area contributed by atoms with Gasteiger partial charge in [-0.15, -0.1) is 0 Å². The molecule has 134 valence electrons. The van der Waals surface area contributed by atoms with Crippen molar-refractivity contribution in [2.75, 3.05) is 13.1 Å². The summed E-state index contributed by atoms with van der Waals surface area (Å²) in [6.07, 6.45) is 4.63. The monoisotopic (exact) mass is 386 g/mol. The summed E-state index contributed by atoms with van der Waals surface area (Å²) in [5, 5.41) is 2.18. The Morgan fingerprint density at radius 1 is 1.08 bits per heavy atom. The predicted molar refractivity (Wildman–Crippen MR) is 107 cm³/mol. The van der Waals surface area contributed by atoms with Gasteiger partial charge in [0.15, 0.2) is 0 Å². The number of aromatic amines is 1. The standard InChI is InChI=1S/C21H20Cl2N2O/c22-18-8-7-14(11-19(18)23)16(12-21(26)25-9-3-4-10-25)17-13-24-20-6-2-1-5-15(17)20/h1-2,5-8,11,13,16,24H,3-4,9-10,12H2. The van der Waals surface area contributed by atoms with Gasteiger partial charge in [-0.25, -0.2) is 0 Å². The van der Waals surface area contributed by atoms with E-state index < -0.39 is 0 Å². The molecule has 0 bridgehead atoms. The van der Waals surface area contributed by atoms with Gasteiger partial charge in [-0.2, -0.15) is 0 Å². The number of carbonyl (C=O) groups is 1. The van der Waals surface area contributed by atoms with Crippen molar-refractivity contribution in [3.05, 3.63) is 69.8 Å². The van der Waals surface area contributed by atoms with E-state index in [2.05, 4.69) is 11.1 Å². The molecule has 0 radical (unpaired) electrons. The van der Waals surface area contributed by atoms with E-state index in [1.165, 1.54) is 0 Å². The zero-order valence-electron chi connectivity index (χ0n) is 14.3. The van der Waals surface area contributed by atoms with Gasteiger partial charge in [0, 0.05) is 42.5 Å². The SMILES string of the molecule is O=C(CC(c1ccc(Cl)c(Cl)c1)c1c[nH]c2ccccc12)N1CCCC1. The molecule has 26 heavy (non-hydrogen) atoms. The zero-order chi connectivity index (χ0) is 18.1. The molecule has 1 aliphatic rings. The number of aromatic nitrogens is 1. The smallest absolute Gasteiger partial charge is 0.223 e. The van der Waals surface area contributed by atoms with Crippen LogP contribution in [-0.4, -0.2) is 28.9 Å². The maximum Gasteiger partial charge on any atom is 0.223 e. The molecule has 1 atom stereocenters. The topological polar surface area (TPSA) is 36.1 Å². The highest BCUT2D eigenvalue weighted by Gasteiger charge is 2.26. The van der Waals surface area contributed by atoms with Crippen LogP contribution in [-0.2, 0) is 4.79 Å². The highest BCUT2D eigenvalue weighted by Crippen LogP contribution is 2.36. The second-order valence-corrected chi connectivity index (χ2v) is 7.62. The summed E-state index contributed by atoms with van der Waals surface area (Å²) in [6, 6.07) is 13.8. The first kappa shape index (κ1) is 17.4. The van der Waals surface area contributed by atoms with Crippen molar-refractivity contribution >= 4 is 40.0 Å². The second kappa shape index (κ2) is 7.34. The first-order valence-electron chi connectivity index (χ1n) is 8.92. The molecule has 3 aromatic rings. The maximum atomic E-state index is 12.9. The van der Waals surface area contributed by atoms with E-state index in [1.54, 1.807) is 6.07 Å². The van der Waals surface area contributed by atoms with Crippen LogP contribution >= 0.6 is 23.2 Å². The van der Waals surface area contributed by atoms with Crippen LogP contribution in [0.25, 0.3) is 10.9 Å². The molecule has 1 fully saturated rings. The van der Waals surface area contributed by atoms with Crippen LogP contribution in [0.5, 0.6) is 0 Å². The highest BCUT2D eigenvalue weighted by molar-refractivity contribution is 6.42. The second-order valence-electron chi connectivity index (χ2n) is 6.81. The van der Waals surface area contributed by atoms with E-state index in [1.807, 2.05) is 41.4 Å². The van der Waals surface area contributed by atoms with Crippen molar-refractivity contribution in [2.24, 2.45) is 0 Å². The summed E-state index contributed by atoms with van der Waals surface area (Å²) < 4.78 is 0. The van der Waals surface area contributed by atoms with Crippen LogP contribution in [0.4, 0.5) is 0 Å². The molecule has 1 unspecified atom stereocenters. The lowest BCUT2D eigenvalue weighted by Crippen LogP contribution is -2.29. The van der Waals surface area contributed by atoms with Gasteiger partial charge in [-0.3, -0.25) is 4.79 Å². The van der Waals surface area contributed by atoms with E-state index in [0.717, 1.165) is 48.0 Å². The molecule has 1 N–H and O–H groups in total. The molecule has 0 aliphatic carbocycles. The Hall–Kier alpha value is -1.97. The molecule has 5 heteroatoms. The van der Waals surface area contributed by atoms with E-state index in [4.69, 9.17) is 23.2 Å². The van der Waals surface area contributed by atoms with Gasteiger partial charge in [0.25, 0.3) is 0 Å². The Balaban J connectivity index is 1.75. The van der Waals surface area contributed by atoms with E-state index in [9.17, 15) is 4.79 Å². The minimum Gasteiger partial charge on any atom is -0.361 e. The number of hydrogen-bond acceptors (Lipinski definition) is 1. The van der Waals surface area contributed by atoms with Crippen LogP contribution in [0.3, 0.4) is 0 Å². The number of halogens is 2. The quantitative estimate of drug-likeness (QED) is 0.620. The maximum absolute atomic E-state index is 12.9. The summed E-state index contributed by atoms with van der Waals surface area (Å²) in [5.41, 5.74) is 3.20. The van der Waals surface area contributed by atoms with Crippen molar-refractivity contribution in [3.63, 3.8) is 0 Å². The number of carbonyl (C=O) groups excluding carboxylic acids is 1. The van der Waals surface area contributed by atoms with Crippen LogP contribution in [0.15, 0.2) is 48.7 Å². The number of para-hydroxylation sites is 1. The summed E-state index contributed by atoms with van der Waals surface area (Å²) in [4.78, 5) is 18.2. The van der Waals surface area contributed by atoms with Crippen LogP contribution < -0.4 is 0 Å². The highest BCUT2D eigenvalue weighted by atomic mass is 35.5. The minimum absolute atomic E-state index is 0.0611.